The standard InChI is InChI=1S/C25H29N3O4/c1-16(20-15-26-21-9-5-3-8-19(20)21)23(24(29)30)27-25(31)28-13-11-17(12-14-28)18-7-4-6-10-22(18)32-2/h3-10,15-17,23,26H,11-14H2,1-2H3,(H,27,31)(H,29,30)/t16-,23+/m0/s1. The molecule has 3 N–H and O–H groups in total. The number of para-hydroxylation sites is 2. The van der Waals surface area contributed by atoms with Gasteiger partial charge in [-0.15, -0.1) is 0 Å². The summed E-state index contributed by atoms with van der Waals surface area (Å²) in [7, 11) is 1.67. The number of carbonyl (C=O) groups is 2. The van der Waals surface area contributed by atoms with E-state index in [2.05, 4.69) is 16.4 Å². The van der Waals surface area contributed by atoms with Crippen LogP contribution in [0.3, 0.4) is 0 Å². The second-order valence-corrected chi connectivity index (χ2v) is 8.35. The predicted molar refractivity (Wildman–Crippen MR) is 123 cm³/mol. The van der Waals surface area contributed by atoms with E-state index in [1.54, 1.807) is 12.0 Å². The van der Waals surface area contributed by atoms with E-state index in [9.17, 15) is 14.7 Å². The van der Waals surface area contributed by atoms with E-state index in [0.29, 0.717) is 19.0 Å². The highest BCUT2D eigenvalue weighted by Gasteiger charge is 2.32. The number of nitrogens with zero attached hydrogens (tertiary/aromatic N) is 1. The molecule has 1 fully saturated rings. The molecule has 1 aliphatic rings. The number of carbonyl (C=O) groups excluding carboxylic acids is 1. The van der Waals surface area contributed by atoms with Gasteiger partial charge in [0.2, 0.25) is 0 Å². The number of amides is 2. The van der Waals surface area contributed by atoms with Gasteiger partial charge in [-0.25, -0.2) is 9.59 Å². The number of benzene rings is 2. The van der Waals surface area contributed by atoms with Gasteiger partial charge in [-0.2, -0.15) is 0 Å². The zero-order valence-corrected chi connectivity index (χ0v) is 18.4. The molecular formula is C25H29N3O4. The second-order valence-electron chi connectivity index (χ2n) is 8.35. The summed E-state index contributed by atoms with van der Waals surface area (Å²) in [4.78, 5) is 29.9. The number of urea groups is 1. The maximum absolute atomic E-state index is 12.9. The Morgan fingerprint density at radius 1 is 1.12 bits per heavy atom. The number of aromatic nitrogens is 1. The average Bonchev–Trinajstić information content (AvgIpc) is 3.26. The molecule has 32 heavy (non-hydrogen) atoms. The maximum atomic E-state index is 12.9. The molecular weight excluding hydrogens is 406 g/mol. The number of carboxylic acid groups (broad SMARTS) is 1. The number of aliphatic carboxylic acids is 1. The monoisotopic (exact) mass is 435 g/mol. The Morgan fingerprint density at radius 3 is 2.53 bits per heavy atom. The summed E-state index contributed by atoms with van der Waals surface area (Å²) in [5.74, 6) is -0.247. The fourth-order valence-corrected chi connectivity index (χ4v) is 4.67. The first-order valence-electron chi connectivity index (χ1n) is 11.0. The first kappa shape index (κ1) is 21.7. The van der Waals surface area contributed by atoms with Crippen LogP contribution in [-0.2, 0) is 4.79 Å². The fourth-order valence-electron chi connectivity index (χ4n) is 4.67. The Bertz CT molecular complexity index is 1100. The molecule has 168 valence electrons. The van der Waals surface area contributed by atoms with Crippen LogP contribution < -0.4 is 10.1 Å². The van der Waals surface area contributed by atoms with E-state index >= 15 is 0 Å². The van der Waals surface area contributed by atoms with E-state index < -0.39 is 17.9 Å². The summed E-state index contributed by atoms with van der Waals surface area (Å²) in [6.07, 6.45) is 3.45. The number of hydrogen-bond acceptors (Lipinski definition) is 3. The van der Waals surface area contributed by atoms with Gasteiger partial charge in [0.1, 0.15) is 11.8 Å². The van der Waals surface area contributed by atoms with Crippen molar-refractivity contribution in [1.29, 1.82) is 0 Å². The van der Waals surface area contributed by atoms with E-state index in [1.165, 1.54) is 0 Å². The Labute approximate surface area is 187 Å². The van der Waals surface area contributed by atoms with Gasteiger partial charge < -0.3 is 25.0 Å². The number of hydrogen-bond donors (Lipinski definition) is 3. The van der Waals surface area contributed by atoms with Crippen molar-refractivity contribution in [2.45, 2.75) is 37.6 Å². The summed E-state index contributed by atoms with van der Waals surface area (Å²) in [6, 6.07) is 14.4. The third kappa shape index (κ3) is 4.28. The van der Waals surface area contributed by atoms with Gasteiger partial charge in [0, 0.05) is 36.1 Å². The third-order valence-corrected chi connectivity index (χ3v) is 6.52. The third-order valence-electron chi connectivity index (χ3n) is 6.52. The number of H-pyrrole nitrogens is 1. The molecule has 4 rings (SSSR count). The summed E-state index contributed by atoms with van der Waals surface area (Å²) in [5.41, 5.74) is 2.98. The van der Waals surface area contributed by atoms with Gasteiger partial charge in [0.15, 0.2) is 0 Å². The van der Waals surface area contributed by atoms with Crippen LogP contribution in [-0.4, -0.2) is 53.2 Å². The molecule has 0 aliphatic carbocycles. The van der Waals surface area contributed by atoms with E-state index in [4.69, 9.17) is 4.74 Å². The van der Waals surface area contributed by atoms with Crippen molar-refractivity contribution >= 4 is 22.9 Å². The first-order chi connectivity index (χ1) is 15.5. The van der Waals surface area contributed by atoms with Gasteiger partial charge >= 0.3 is 12.0 Å². The highest BCUT2D eigenvalue weighted by Crippen LogP contribution is 2.34. The van der Waals surface area contributed by atoms with Crippen molar-refractivity contribution < 1.29 is 19.4 Å². The number of likely N-dealkylation sites (tertiary alicyclic amines) is 1. The van der Waals surface area contributed by atoms with Crippen LogP contribution in [0, 0.1) is 0 Å². The molecule has 2 aromatic carbocycles. The van der Waals surface area contributed by atoms with Crippen molar-refractivity contribution in [2.24, 2.45) is 0 Å². The number of aromatic amines is 1. The summed E-state index contributed by atoms with van der Waals surface area (Å²) in [6.45, 7) is 2.98. The van der Waals surface area contributed by atoms with Crippen LogP contribution >= 0.6 is 0 Å². The molecule has 7 heteroatoms. The largest absolute Gasteiger partial charge is 0.496 e. The van der Waals surface area contributed by atoms with Crippen molar-refractivity contribution in [3.8, 4) is 5.75 Å². The zero-order valence-electron chi connectivity index (χ0n) is 18.4. The summed E-state index contributed by atoms with van der Waals surface area (Å²) in [5, 5.41) is 13.6. The van der Waals surface area contributed by atoms with Crippen LogP contribution in [0.2, 0.25) is 0 Å². The second kappa shape index (κ2) is 9.34. The number of fused-ring (bicyclic) bond motifs is 1. The Morgan fingerprint density at radius 2 is 1.81 bits per heavy atom. The Hall–Kier alpha value is -3.48. The SMILES string of the molecule is COc1ccccc1C1CCN(C(=O)N[C@@H](C(=O)O)[C@@H](C)c2c[nH]c3ccccc23)CC1. The molecule has 2 heterocycles. The molecule has 1 aromatic heterocycles. The van der Waals surface area contributed by atoms with Crippen LogP contribution in [0.5, 0.6) is 5.75 Å². The van der Waals surface area contributed by atoms with Crippen molar-refractivity contribution in [3.05, 3.63) is 65.9 Å². The highest BCUT2D eigenvalue weighted by molar-refractivity contribution is 5.87. The summed E-state index contributed by atoms with van der Waals surface area (Å²) >= 11 is 0. The lowest BCUT2D eigenvalue weighted by Gasteiger charge is -2.34. The molecule has 0 spiro atoms. The molecule has 3 aromatic rings. The lowest BCUT2D eigenvalue weighted by molar-refractivity contribution is -0.139. The maximum Gasteiger partial charge on any atom is 0.326 e. The quantitative estimate of drug-likeness (QED) is 0.537. The summed E-state index contributed by atoms with van der Waals surface area (Å²) < 4.78 is 5.48. The number of piperidine rings is 1. The molecule has 0 unspecified atom stereocenters. The number of ether oxygens (including phenoxy) is 1. The minimum absolute atomic E-state index is 0.315. The smallest absolute Gasteiger partial charge is 0.326 e. The minimum atomic E-state index is -1.04. The number of rotatable bonds is 6. The normalized spacial score (nSPS) is 16.5. The predicted octanol–water partition coefficient (Wildman–Crippen LogP) is 4.32. The topological polar surface area (TPSA) is 94.7 Å². The van der Waals surface area contributed by atoms with E-state index in [1.807, 2.05) is 55.6 Å². The molecule has 0 bridgehead atoms. The van der Waals surface area contributed by atoms with Gasteiger partial charge in [0.25, 0.3) is 0 Å². The molecule has 1 aliphatic heterocycles. The fraction of sp³-hybridized carbons (Fsp3) is 0.360. The van der Waals surface area contributed by atoms with Gasteiger partial charge in [0.05, 0.1) is 7.11 Å². The Balaban J connectivity index is 1.42. The van der Waals surface area contributed by atoms with Crippen molar-refractivity contribution in [3.63, 3.8) is 0 Å². The van der Waals surface area contributed by atoms with Crippen molar-refractivity contribution in [1.82, 2.24) is 15.2 Å². The van der Waals surface area contributed by atoms with Crippen LogP contribution in [0.4, 0.5) is 4.79 Å². The van der Waals surface area contributed by atoms with Crippen LogP contribution in [0.15, 0.2) is 54.7 Å². The van der Waals surface area contributed by atoms with Gasteiger partial charge in [-0.1, -0.05) is 43.3 Å². The number of nitrogens with one attached hydrogen (secondary N) is 2. The zero-order chi connectivity index (χ0) is 22.7. The molecule has 2 amide bonds. The van der Waals surface area contributed by atoms with Gasteiger partial charge in [-0.05, 0) is 42.0 Å². The van der Waals surface area contributed by atoms with E-state index in [-0.39, 0.29) is 6.03 Å². The van der Waals surface area contributed by atoms with Gasteiger partial charge in [-0.3, -0.25) is 0 Å². The highest BCUT2D eigenvalue weighted by atomic mass is 16.5. The van der Waals surface area contributed by atoms with E-state index in [0.717, 1.165) is 40.6 Å². The first-order valence-corrected chi connectivity index (χ1v) is 11.0. The lowest BCUT2D eigenvalue weighted by atomic mass is 9.89. The molecule has 2 atom stereocenters. The molecule has 1 saturated heterocycles. The van der Waals surface area contributed by atoms with Crippen molar-refractivity contribution in [2.75, 3.05) is 20.2 Å². The Kier molecular flexibility index (Phi) is 6.35. The lowest BCUT2D eigenvalue weighted by Crippen LogP contribution is -2.51. The minimum Gasteiger partial charge on any atom is -0.496 e. The van der Waals surface area contributed by atoms with Crippen LogP contribution in [0.25, 0.3) is 10.9 Å². The van der Waals surface area contributed by atoms with Crippen LogP contribution in [0.1, 0.15) is 42.7 Å². The average molecular weight is 436 g/mol. The molecule has 0 saturated carbocycles. The molecule has 7 nitrogen and oxygen atoms in total. The number of carboxylic acids is 1. The number of methoxy groups -OCH3 is 1. The molecule has 0 radical (unpaired) electrons.